The average Bonchev–Trinajstić information content (AvgIpc) is 2.82. The van der Waals surface area contributed by atoms with E-state index in [1.165, 1.54) is 0 Å². The molecular weight excluding hydrogens is 408 g/mol. The summed E-state index contributed by atoms with van der Waals surface area (Å²) in [7, 11) is 2.03. The van der Waals surface area contributed by atoms with Gasteiger partial charge in [-0.1, -0.05) is 36.9 Å². The van der Waals surface area contributed by atoms with Crippen LogP contribution in [0.2, 0.25) is 0 Å². The van der Waals surface area contributed by atoms with Gasteiger partial charge in [0.1, 0.15) is 0 Å². The summed E-state index contributed by atoms with van der Waals surface area (Å²) in [5, 5.41) is 15.5. The second-order valence-electron chi connectivity index (χ2n) is 9.23. The minimum atomic E-state index is -0.105. The van der Waals surface area contributed by atoms with Crippen LogP contribution in [0, 0.1) is 36.0 Å². The fourth-order valence-electron chi connectivity index (χ4n) is 4.10. The Bertz CT molecular complexity index is 876. The number of carbonyl (C=O) groups excluding carboxylic acids is 1. The number of allylic oxidation sites excluding steroid dienone is 2. The predicted octanol–water partition coefficient (Wildman–Crippen LogP) is 4.46. The lowest BCUT2D eigenvalue weighted by Gasteiger charge is -2.26. The first-order valence-electron chi connectivity index (χ1n) is 12.0. The van der Waals surface area contributed by atoms with Gasteiger partial charge in [-0.2, -0.15) is 5.26 Å². The van der Waals surface area contributed by atoms with E-state index in [9.17, 15) is 4.79 Å². The van der Waals surface area contributed by atoms with Gasteiger partial charge in [-0.25, -0.2) is 0 Å². The highest BCUT2D eigenvalue weighted by Crippen LogP contribution is 2.22. The van der Waals surface area contributed by atoms with E-state index >= 15 is 0 Å². The zero-order chi connectivity index (χ0) is 24.2. The van der Waals surface area contributed by atoms with E-state index in [1.807, 2.05) is 33.0 Å². The van der Waals surface area contributed by atoms with Crippen LogP contribution < -0.4 is 10.6 Å². The van der Waals surface area contributed by atoms with Crippen molar-refractivity contribution in [2.24, 2.45) is 17.8 Å². The molecule has 0 aromatic heterocycles. The molecule has 1 aromatic rings. The van der Waals surface area contributed by atoms with E-state index in [0.717, 1.165) is 67.8 Å². The summed E-state index contributed by atoms with van der Waals surface area (Å²) in [6.07, 6.45) is 9.44. The maximum absolute atomic E-state index is 12.6. The Hall–Kier alpha value is -2.84. The topological polar surface area (TPSA) is 68.2 Å². The van der Waals surface area contributed by atoms with Crippen LogP contribution in [-0.4, -0.2) is 44.0 Å². The molecule has 1 amide bonds. The van der Waals surface area contributed by atoms with Crippen LogP contribution in [0.4, 0.5) is 0 Å². The Morgan fingerprint density at radius 2 is 2.09 bits per heavy atom. The third kappa shape index (κ3) is 8.90. The minimum absolute atomic E-state index is 0.0792. The van der Waals surface area contributed by atoms with Crippen molar-refractivity contribution in [3.63, 3.8) is 0 Å². The molecule has 0 radical (unpaired) electrons. The molecule has 2 unspecified atom stereocenters. The second-order valence-corrected chi connectivity index (χ2v) is 9.23. The number of aryl methyl sites for hydroxylation is 1. The first-order chi connectivity index (χ1) is 15.8. The summed E-state index contributed by atoms with van der Waals surface area (Å²) in [4.78, 5) is 14.7. The number of carbonyl (C=O) groups is 1. The summed E-state index contributed by atoms with van der Waals surface area (Å²) < 4.78 is 0. The largest absolute Gasteiger partial charge is 0.374 e. The van der Waals surface area contributed by atoms with Gasteiger partial charge in [0, 0.05) is 25.8 Å². The quantitative estimate of drug-likeness (QED) is 0.463. The number of nitrogens with one attached hydrogen (secondary N) is 2. The van der Waals surface area contributed by atoms with Crippen LogP contribution in [0.5, 0.6) is 0 Å². The predicted molar refractivity (Wildman–Crippen MR) is 137 cm³/mol. The van der Waals surface area contributed by atoms with Gasteiger partial charge in [0.05, 0.1) is 18.4 Å². The van der Waals surface area contributed by atoms with Crippen molar-refractivity contribution in [2.45, 2.75) is 39.5 Å². The molecule has 0 saturated carbocycles. The van der Waals surface area contributed by atoms with E-state index < -0.39 is 0 Å². The molecule has 5 heteroatoms. The fraction of sp³-hybridized carbons (Fsp3) is 0.500. The maximum atomic E-state index is 12.6. The third-order valence-corrected chi connectivity index (χ3v) is 6.39. The van der Waals surface area contributed by atoms with Gasteiger partial charge in [-0.05, 0) is 80.8 Å². The van der Waals surface area contributed by atoms with Gasteiger partial charge in [0.25, 0.3) is 0 Å². The van der Waals surface area contributed by atoms with Crippen molar-refractivity contribution < 1.29 is 4.79 Å². The number of benzene rings is 1. The lowest BCUT2D eigenvalue weighted by molar-refractivity contribution is -0.120. The van der Waals surface area contributed by atoms with Gasteiger partial charge in [0.2, 0.25) is 5.91 Å². The van der Waals surface area contributed by atoms with Crippen molar-refractivity contribution in [2.75, 3.05) is 33.2 Å². The molecule has 5 nitrogen and oxygen atoms in total. The molecular formula is C28H40N4O. The Kier molecular flexibility index (Phi) is 10.9. The minimum Gasteiger partial charge on any atom is -0.374 e. The summed E-state index contributed by atoms with van der Waals surface area (Å²) in [5.41, 5.74) is 4.09. The molecule has 0 bridgehead atoms. The molecule has 1 aromatic carbocycles. The van der Waals surface area contributed by atoms with E-state index in [1.54, 1.807) is 0 Å². The van der Waals surface area contributed by atoms with Crippen molar-refractivity contribution >= 4 is 11.6 Å². The SMILES string of the molecule is C=CCC(/C=C\C(C)C#N)CN(C)C(=C)c1ccc(C)c(CC(=O)NCC2CCNCC2)c1. The standard InChI is InChI=1S/C28H40N4O/c1-6-7-25(10-8-21(2)18-29)20-32(5)23(4)26-11-9-22(3)27(16-26)17-28(33)31-19-24-12-14-30-15-13-24/h6,8-11,16,21,24-25,30H,1,4,7,12-15,17,19-20H2,2-3,5H3,(H,31,33)/b10-8-. The van der Waals surface area contributed by atoms with E-state index in [4.69, 9.17) is 5.26 Å². The first-order valence-corrected chi connectivity index (χ1v) is 12.0. The molecule has 2 N–H and O–H groups in total. The molecule has 33 heavy (non-hydrogen) atoms. The number of rotatable bonds is 12. The molecule has 1 fully saturated rings. The lowest BCUT2D eigenvalue weighted by Crippen LogP contribution is -2.36. The zero-order valence-electron chi connectivity index (χ0n) is 20.6. The van der Waals surface area contributed by atoms with Crippen LogP contribution in [0.25, 0.3) is 5.70 Å². The van der Waals surface area contributed by atoms with Crippen molar-refractivity contribution in [1.82, 2.24) is 15.5 Å². The lowest BCUT2D eigenvalue weighted by atomic mass is 9.97. The van der Waals surface area contributed by atoms with Crippen LogP contribution in [0.3, 0.4) is 0 Å². The molecule has 178 valence electrons. The fourth-order valence-corrected chi connectivity index (χ4v) is 4.10. The Balaban J connectivity index is 1.99. The summed E-state index contributed by atoms with van der Waals surface area (Å²) in [6, 6.07) is 8.47. The molecule has 1 heterocycles. The average molecular weight is 449 g/mol. The van der Waals surface area contributed by atoms with Gasteiger partial charge in [0.15, 0.2) is 0 Å². The summed E-state index contributed by atoms with van der Waals surface area (Å²) in [5.74, 6) is 0.803. The zero-order valence-corrected chi connectivity index (χ0v) is 20.6. The number of hydrogen-bond acceptors (Lipinski definition) is 4. The van der Waals surface area contributed by atoms with Gasteiger partial charge < -0.3 is 15.5 Å². The van der Waals surface area contributed by atoms with Crippen molar-refractivity contribution in [3.8, 4) is 6.07 Å². The monoisotopic (exact) mass is 448 g/mol. The van der Waals surface area contributed by atoms with E-state index in [-0.39, 0.29) is 17.7 Å². The molecule has 1 aliphatic rings. The second kappa shape index (κ2) is 13.6. The van der Waals surface area contributed by atoms with Crippen molar-refractivity contribution in [3.05, 3.63) is 66.3 Å². The number of nitriles is 1. The number of nitrogens with zero attached hydrogens (tertiary/aromatic N) is 2. The Morgan fingerprint density at radius 3 is 2.76 bits per heavy atom. The molecule has 1 aliphatic heterocycles. The van der Waals surface area contributed by atoms with Gasteiger partial charge in [-0.15, -0.1) is 6.58 Å². The Morgan fingerprint density at radius 1 is 1.36 bits per heavy atom. The Labute approximate surface area is 200 Å². The molecule has 0 aliphatic carbocycles. The number of amides is 1. The summed E-state index contributed by atoms with van der Waals surface area (Å²) in [6.45, 7) is 15.7. The number of hydrogen-bond donors (Lipinski definition) is 2. The maximum Gasteiger partial charge on any atom is 0.224 e. The molecule has 1 saturated heterocycles. The van der Waals surface area contributed by atoms with Crippen LogP contribution in [0.15, 0.2) is 49.6 Å². The number of piperidine rings is 1. The van der Waals surface area contributed by atoms with E-state index in [0.29, 0.717) is 12.3 Å². The van der Waals surface area contributed by atoms with Gasteiger partial charge >= 0.3 is 0 Å². The van der Waals surface area contributed by atoms with Crippen LogP contribution in [0.1, 0.15) is 42.9 Å². The molecule has 0 spiro atoms. The van der Waals surface area contributed by atoms with Crippen LogP contribution in [-0.2, 0) is 11.2 Å². The third-order valence-electron chi connectivity index (χ3n) is 6.39. The molecule has 2 rings (SSSR count). The highest BCUT2D eigenvalue weighted by molar-refractivity contribution is 5.79. The van der Waals surface area contributed by atoms with E-state index in [2.05, 4.69) is 59.0 Å². The molecule has 2 atom stereocenters. The van der Waals surface area contributed by atoms with Crippen LogP contribution >= 0.6 is 0 Å². The van der Waals surface area contributed by atoms with Gasteiger partial charge in [-0.3, -0.25) is 4.79 Å². The smallest absolute Gasteiger partial charge is 0.224 e. The summed E-state index contributed by atoms with van der Waals surface area (Å²) >= 11 is 0. The normalized spacial score (nSPS) is 16.1. The van der Waals surface area contributed by atoms with Crippen molar-refractivity contribution in [1.29, 1.82) is 5.26 Å². The first kappa shape index (κ1) is 26.4. The highest BCUT2D eigenvalue weighted by atomic mass is 16.1. The highest BCUT2D eigenvalue weighted by Gasteiger charge is 2.16.